The monoisotopic (exact) mass is 528 g/mol. The summed E-state index contributed by atoms with van der Waals surface area (Å²) in [4.78, 5) is 0. The van der Waals surface area contributed by atoms with Gasteiger partial charge in [-0.2, -0.15) is 0 Å². The van der Waals surface area contributed by atoms with Gasteiger partial charge in [0.1, 0.15) is 24.7 Å². The van der Waals surface area contributed by atoms with E-state index in [0.29, 0.717) is 17.8 Å². The standard InChI is InChI=1S/C33H56F4/c1-3-5-7-26-18-20-28(32(36)30(26)34)25-15-10-23(11-16-25)12-17-27-19-21-29(33(37)31(27)35)24-13-8-22(6-4-2)9-14-24/h22-33H,3-21H2,1-2H3/t22?,23?,24?,25?,26?,27-,28?,29?,30?,31?,32?,33+/m0/s1. The lowest BCUT2D eigenvalue weighted by atomic mass is 9.65. The van der Waals surface area contributed by atoms with E-state index in [1.165, 1.54) is 25.7 Å². The lowest BCUT2D eigenvalue weighted by molar-refractivity contribution is -0.0205. The molecule has 216 valence electrons. The molecule has 8 atom stereocenters. The highest BCUT2D eigenvalue weighted by molar-refractivity contribution is 4.94. The third-order valence-corrected chi connectivity index (χ3v) is 11.6. The van der Waals surface area contributed by atoms with E-state index in [-0.39, 0.29) is 23.7 Å². The van der Waals surface area contributed by atoms with Crippen LogP contribution in [-0.4, -0.2) is 24.7 Å². The van der Waals surface area contributed by atoms with Crippen molar-refractivity contribution in [3.05, 3.63) is 0 Å². The van der Waals surface area contributed by atoms with Crippen LogP contribution in [0.3, 0.4) is 0 Å². The summed E-state index contributed by atoms with van der Waals surface area (Å²) >= 11 is 0. The molecule has 0 heterocycles. The summed E-state index contributed by atoms with van der Waals surface area (Å²) in [6.07, 6.45) is 14.1. The van der Waals surface area contributed by atoms with E-state index in [2.05, 4.69) is 13.8 Å². The van der Waals surface area contributed by atoms with Gasteiger partial charge in [-0.1, -0.05) is 71.6 Å². The first-order valence-electron chi connectivity index (χ1n) is 16.5. The van der Waals surface area contributed by atoms with Crippen molar-refractivity contribution in [3.8, 4) is 0 Å². The molecule has 0 bridgehead atoms. The summed E-state index contributed by atoms with van der Waals surface area (Å²) in [6, 6.07) is 0. The van der Waals surface area contributed by atoms with Gasteiger partial charge >= 0.3 is 0 Å². The normalized spacial score (nSPS) is 45.6. The molecular formula is C33H56F4. The van der Waals surface area contributed by atoms with Crippen molar-refractivity contribution in [1.29, 1.82) is 0 Å². The van der Waals surface area contributed by atoms with Crippen LogP contribution in [0, 0.1) is 47.3 Å². The maximum atomic E-state index is 15.3. The number of hydrogen-bond acceptors (Lipinski definition) is 0. The van der Waals surface area contributed by atoms with E-state index < -0.39 is 24.7 Å². The molecule has 0 radical (unpaired) electrons. The lowest BCUT2D eigenvalue weighted by Gasteiger charge is -2.42. The first-order chi connectivity index (χ1) is 17.9. The van der Waals surface area contributed by atoms with E-state index in [0.717, 1.165) is 102 Å². The fourth-order valence-electron chi connectivity index (χ4n) is 9.18. The maximum Gasteiger partial charge on any atom is 0.134 e. The number of halogens is 4. The number of unbranched alkanes of at least 4 members (excludes halogenated alkanes) is 1. The predicted octanol–water partition coefficient (Wildman–Crippen LogP) is 10.8. The molecule has 4 aliphatic carbocycles. The van der Waals surface area contributed by atoms with Gasteiger partial charge in [0.05, 0.1) is 0 Å². The summed E-state index contributed by atoms with van der Waals surface area (Å²) in [6.45, 7) is 4.35. The Morgan fingerprint density at radius 3 is 1.35 bits per heavy atom. The van der Waals surface area contributed by atoms with Crippen LogP contribution in [0.4, 0.5) is 17.6 Å². The Hall–Kier alpha value is -0.280. The van der Waals surface area contributed by atoms with Gasteiger partial charge in [0, 0.05) is 0 Å². The van der Waals surface area contributed by atoms with Gasteiger partial charge in [-0.15, -0.1) is 0 Å². The van der Waals surface area contributed by atoms with Crippen molar-refractivity contribution in [2.45, 2.75) is 161 Å². The number of alkyl halides is 4. The molecule has 0 saturated heterocycles. The molecule has 0 nitrogen and oxygen atoms in total. The molecule has 0 aromatic heterocycles. The third kappa shape index (κ3) is 7.47. The van der Waals surface area contributed by atoms with E-state index >= 15 is 13.2 Å². The minimum Gasteiger partial charge on any atom is -0.244 e. The second-order valence-corrected chi connectivity index (χ2v) is 13.9. The van der Waals surface area contributed by atoms with Crippen LogP contribution < -0.4 is 0 Å². The predicted molar refractivity (Wildman–Crippen MR) is 147 cm³/mol. The van der Waals surface area contributed by atoms with Crippen molar-refractivity contribution in [2.75, 3.05) is 0 Å². The largest absolute Gasteiger partial charge is 0.244 e. The fourth-order valence-corrected chi connectivity index (χ4v) is 9.18. The highest BCUT2D eigenvalue weighted by Gasteiger charge is 2.45. The van der Waals surface area contributed by atoms with Gasteiger partial charge in [-0.25, -0.2) is 17.6 Å². The quantitative estimate of drug-likeness (QED) is 0.247. The van der Waals surface area contributed by atoms with Crippen LogP contribution >= 0.6 is 0 Å². The Labute approximate surface area is 225 Å². The maximum absolute atomic E-state index is 15.3. The zero-order valence-electron chi connectivity index (χ0n) is 23.9. The molecule has 0 spiro atoms. The topological polar surface area (TPSA) is 0 Å². The zero-order valence-corrected chi connectivity index (χ0v) is 23.9. The average Bonchev–Trinajstić information content (AvgIpc) is 2.92. The Morgan fingerprint density at radius 2 is 0.892 bits per heavy atom. The molecule has 6 unspecified atom stereocenters. The van der Waals surface area contributed by atoms with Crippen LogP contribution in [0.25, 0.3) is 0 Å². The zero-order chi connectivity index (χ0) is 26.4. The molecule has 0 aromatic carbocycles. The van der Waals surface area contributed by atoms with Gasteiger partial charge in [0.15, 0.2) is 0 Å². The Balaban J connectivity index is 1.16. The van der Waals surface area contributed by atoms with E-state index in [1.54, 1.807) is 0 Å². The van der Waals surface area contributed by atoms with E-state index in [4.69, 9.17) is 0 Å². The molecule has 37 heavy (non-hydrogen) atoms. The van der Waals surface area contributed by atoms with Crippen LogP contribution in [0.1, 0.15) is 136 Å². The molecule has 4 aliphatic rings. The number of hydrogen-bond donors (Lipinski definition) is 0. The van der Waals surface area contributed by atoms with Crippen LogP contribution in [0.5, 0.6) is 0 Å². The highest BCUT2D eigenvalue weighted by atomic mass is 19.2. The van der Waals surface area contributed by atoms with Crippen LogP contribution in [0.2, 0.25) is 0 Å². The van der Waals surface area contributed by atoms with E-state index in [9.17, 15) is 4.39 Å². The summed E-state index contributed by atoms with van der Waals surface area (Å²) in [7, 11) is 0. The van der Waals surface area contributed by atoms with Crippen molar-refractivity contribution in [3.63, 3.8) is 0 Å². The van der Waals surface area contributed by atoms with Crippen LogP contribution in [0.15, 0.2) is 0 Å². The first-order valence-corrected chi connectivity index (χ1v) is 16.5. The van der Waals surface area contributed by atoms with Crippen LogP contribution in [-0.2, 0) is 0 Å². The molecule has 4 fully saturated rings. The SMILES string of the molecule is CCCCC1CCC(C2CCC(CC[C@H]3CCC(C4CCC(CCC)CC4)[C@@H](F)C3F)CC2)C(F)C1F. The Morgan fingerprint density at radius 1 is 0.432 bits per heavy atom. The molecule has 0 aliphatic heterocycles. The van der Waals surface area contributed by atoms with Gasteiger partial charge in [-0.3, -0.25) is 0 Å². The molecule has 4 saturated carbocycles. The van der Waals surface area contributed by atoms with Gasteiger partial charge in [-0.05, 0) is 112 Å². The molecule has 0 amide bonds. The molecule has 4 rings (SSSR count). The minimum atomic E-state index is -1.29. The van der Waals surface area contributed by atoms with E-state index in [1.807, 2.05) is 0 Å². The molecule has 0 N–H and O–H groups in total. The minimum absolute atomic E-state index is 0.0608. The molecular weight excluding hydrogens is 472 g/mol. The number of rotatable bonds is 10. The van der Waals surface area contributed by atoms with Gasteiger partial charge < -0.3 is 0 Å². The van der Waals surface area contributed by atoms with Crippen molar-refractivity contribution in [1.82, 2.24) is 0 Å². The molecule has 0 aromatic rings. The summed E-state index contributed by atoms with van der Waals surface area (Å²) in [5, 5.41) is 0. The first kappa shape index (κ1) is 29.7. The van der Waals surface area contributed by atoms with Gasteiger partial charge in [0.2, 0.25) is 0 Å². The average molecular weight is 529 g/mol. The second kappa shape index (κ2) is 14.4. The van der Waals surface area contributed by atoms with Crippen molar-refractivity contribution >= 4 is 0 Å². The summed E-state index contributed by atoms with van der Waals surface area (Å²) < 4.78 is 60.3. The molecule has 4 heteroatoms. The second-order valence-electron chi connectivity index (χ2n) is 13.9. The van der Waals surface area contributed by atoms with Crippen molar-refractivity contribution in [2.24, 2.45) is 47.3 Å². The lowest BCUT2D eigenvalue weighted by Crippen LogP contribution is -2.42. The van der Waals surface area contributed by atoms with Crippen molar-refractivity contribution < 1.29 is 17.6 Å². The smallest absolute Gasteiger partial charge is 0.134 e. The fraction of sp³-hybridized carbons (Fsp3) is 1.00. The summed E-state index contributed by atoms with van der Waals surface area (Å²) in [5.74, 6) is 1.68. The third-order valence-electron chi connectivity index (χ3n) is 11.6. The van der Waals surface area contributed by atoms with Gasteiger partial charge in [0.25, 0.3) is 0 Å². The Bertz CT molecular complexity index is 638. The summed E-state index contributed by atoms with van der Waals surface area (Å²) in [5.41, 5.74) is 0. The Kier molecular flexibility index (Phi) is 11.5. The highest BCUT2D eigenvalue weighted by Crippen LogP contribution is 2.48.